The monoisotopic (exact) mass is 1390 g/mol. The van der Waals surface area contributed by atoms with Gasteiger partial charge in [-0.2, -0.15) is 0 Å². The van der Waals surface area contributed by atoms with Gasteiger partial charge in [0.05, 0.1) is 42.8 Å². The second kappa shape index (κ2) is 35.6. The molecule has 0 aliphatic carbocycles. The molecule has 504 valence electrons. The van der Waals surface area contributed by atoms with Gasteiger partial charge < -0.3 is 49.2 Å². The van der Waals surface area contributed by atoms with Crippen molar-refractivity contribution in [2.24, 2.45) is 5.92 Å². The Labute approximate surface area is 580 Å². The molecule has 5 heterocycles. The summed E-state index contributed by atoms with van der Waals surface area (Å²) in [6.07, 6.45) is 10.8. The van der Waals surface area contributed by atoms with Crippen molar-refractivity contribution < 1.29 is 52.6 Å². The quantitative estimate of drug-likeness (QED) is 0.0659. The fourth-order valence-electron chi connectivity index (χ4n) is 12.7. The Hall–Kier alpha value is -6.02. The van der Waals surface area contributed by atoms with E-state index in [0.717, 1.165) is 152 Å². The topological polar surface area (TPSA) is 174 Å². The van der Waals surface area contributed by atoms with E-state index in [1.165, 1.54) is 12.1 Å². The van der Waals surface area contributed by atoms with Crippen molar-refractivity contribution in [2.45, 2.75) is 101 Å². The lowest BCUT2D eigenvalue weighted by Crippen LogP contribution is -2.50. The lowest BCUT2D eigenvalue weighted by molar-refractivity contribution is -0.144. The number of carboxylic acids is 2. The number of nitrogens with zero attached hydrogens (tertiary/aromatic N) is 5. The van der Waals surface area contributed by atoms with Gasteiger partial charge >= 0.3 is 11.9 Å². The Morgan fingerprint density at radius 1 is 0.505 bits per heavy atom. The van der Waals surface area contributed by atoms with E-state index < -0.39 is 18.0 Å². The molecule has 16 nitrogen and oxygen atoms in total. The highest BCUT2D eigenvalue weighted by Gasteiger charge is 2.33. The van der Waals surface area contributed by atoms with Gasteiger partial charge in [-0.05, 0) is 168 Å². The molecule has 0 unspecified atom stereocenters. The number of carbonyl (C=O) groups excluding carboxylic acids is 2. The summed E-state index contributed by atoms with van der Waals surface area (Å²) in [5.74, 6) is 1.65. The van der Waals surface area contributed by atoms with Crippen LogP contribution in [0.25, 0.3) is 0 Å². The molecular formula is C71H88Cl6N6O10. The standard InChI is InChI=1S/C26H32Cl2N2O3.C24H26Cl2N2O4.C21H24Cl2N2O3.3H2/c27-23-7-6-22(17-24(23)28)33-21-10-12-29(13-11-21)18-20-8-14-30(15-9-20)25(26(31)32)16-19-4-2-1-3-5-19;25-21-5-4-20(15-22(21)26)32-19-8-12-27(13-9-19)18-6-10-28(11-7-18)23(29)16-2-1-3-17(14-16)24(30)31;1-27-17-4-2-3-15(13-17)21(26)24-9-12-25-10-7-16(8-11-25)28-18-5-6-19(22)20(23)14-18;;;/h1-7,17,20-21,25H,8-16,18H2,(H,31,32);1-5,14-15,18-19H,6-13H2,(H,30,31);2-6,13-14,16H,7-12H2,1H3,(H,24,26);3*1H/t25-;;;;;/m0...../s1. The van der Waals surface area contributed by atoms with E-state index >= 15 is 0 Å². The highest BCUT2D eigenvalue weighted by atomic mass is 35.5. The number of ether oxygens (including phenoxy) is 4. The van der Waals surface area contributed by atoms with E-state index in [0.29, 0.717) is 85.0 Å². The number of likely N-dealkylation sites (tertiary alicyclic amines) is 5. The number of halogens is 6. The van der Waals surface area contributed by atoms with Crippen LogP contribution in [-0.4, -0.2) is 181 Å². The molecule has 2 amide bonds. The van der Waals surface area contributed by atoms with Crippen molar-refractivity contribution in [2.75, 3.05) is 92.2 Å². The number of aliphatic carboxylic acids is 1. The summed E-state index contributed by atoms with van der Waals surface area (Å²) < 4.78 is 23.4. The number of amides is 2. The number of carboxylic acid groups (broad SMARTS) is 2. The van der Waals surface area contributed by atoms with E-state index in [1.807, 2.05) is 65.6 Å². The summed E-state index contributed by atoms with van der Waals surface area (Å²) in [7, 11) is 1.59. The molecule has 5 aliphatic heterocycles. The summed E-state index contributed by atoms with van der Waals surface area (Å²) in [4.78, 5) is 59.5. The van der Waals surface area contributed by atoms with Crippen molar-refractivity contribution in [3.8, 4) is 23.0 Å². The average molecular weight is 1400 g/mol. The number of benzene rings is 6. The molecule has 0 aromatic heterocycles. The van der Waals surface area contributed by atoms with Crippen LogP contribution in [0.2, 0.25) is 30.1 Å². The van der Waals surface area contributed by atoms with Crippen LogP contribution >= 0.6 is 69.6 Å². The van der Waals surface area contributed by atoms with E-state index in [9.17, 15) is 24.3 Å². The summed E-state index contributed by atoms with van der Waals surface area (Å²) >= 11 is 36.1. The lowest BCUT2D eigenvalue weighted by Gasteiger charge is -2.41. The van der Waals surface area contributed by atoms with Crippen molar-refractivity contribution in [1.82, 2.24) is 29.8 Å². The summed E-state index contributed by atoms with van der Waals surface area (Å²) in [5, 5.41) is 25.0. The predicted octanol–water partition coefficient (Wildman–Crippen LogP) is 15.1. The van der Waals surface area contributed by atoms with Crippen LogP contribution in [0.4, 0.5) is 0 Å². The number of hydrogen-bond donors (Lipinski definition) is 3. The van der Waals surface area contributed by atoms with Gasteiger partial charge in [0.25, 0.3) is 11.8 Å². The Morgan fingerprint density at radius 2 is 1.00 bits per heavy atom. The van der Waals surface area contributed by atoms with Crippen molar-refractivity contribution in [3.05, 3.63) is 186 Å². The van der Waals surface area contributed by atoms with Gasteiger partial charge in [-0.3, -0.25) is 24.2 Å². The Morgan fingerprint density at radius 3 is 1.51 bits per heavy atom. The number of rotatable bonds is 20. The van der Waals surface area contributed by atoms with Gasteiger partial charge in [-0.1, -0.05) is 112 Å². The average Bonchev–Trinajstić information content (AvgIpc) is 3.05. The van der Waals surface area contributed by atoms with Crippen LogP contribution in [0.5, 0.6) is 23.0 Å². The third-order valence-electron chi connectivity index (χ3n) is 18.0. The summed E-state index contributed by atoms with van der Waals surface area (Å²) in [6, 6.07) is 39.5. The third-order valence-corrected chi connectivity index (χ3v) is 20.2. The van der Waals surface area contributed by atoms with E-state index in [1.54, 1.807) is 67.8 Å². The minimum absolute atomic E-state index is 0. The first-order chi connectivity index (χ1) is 44.9. The molecule has 6 aromatic carbocycles. The van der Waals surface area contributed by atoms with Crippen molar-refractivity contribution in [1.29, 1.82) is 0 Å². The molecule has 3 N–H and O–H groups in total. The van der Waals surface area contributed by atoms with Crippen LogP contribution in [0, 0.1) is 5.92 Å². The molecule has 22 heteroatoms. The molecule has 5 aliphatic rings. The fourth-order valence-corrected chi connectivity index (χ4v) is 13.5. The molecule has 5 fully saturated rings. The number of methoxy groups -OCH3 is 1. The highest BCUT2D eigenvalue weighted by molar-refractivity contribution is 6.43. The highest BCUT2D eigenvalue weighted by Crippen LogP contribution is 2.33. The first-order valence-electron chi connectivity index (χ1n) is 32.0. The molecule has 0 bridgehead atoms. The molecule has 0 saturated carbocycles. The molecule has 93 heavy (non-hydrogen) atoms. The van der Waals surface area contributed by atoms with Gasteiger partial charge in [0.2, 0.25) is 0 Å². The maximum atomic E-state index is 12.8. The normalized spacial score (nSPS) is 18.0. The van der Waals surface area contributed by atoms with Crippen molar-refractivity contribution in [3.63, 3.8) is 0 Å². The first kappa shape index (κ1) is 71.3. The van der Waals surface area contributed by atoms with Crippen LogP contribution in [0.1, 0.15) is 105 Å². The largest absolute Gasteiger partial charge is 0.497 e. The van der Waals surface area contributed by atoms with E-state index in [-0.39, 0.29) is 40.0 Å². The van der Waals surface area contributed by atoms with Crippen LogP contribution in [0.3, 0.4) is 0 Å². The van der Waals surface area contributed by atoms with Crippen LogP contribution < -0.4 is 24.3 Å². The molecule has 5 saturated heterocycles. The Balaban J connectivity index is 0.000000225. The molecule has 1 atom stereocenters. The van der Waals surface area contributed by atoms with Crippen LogP contribution in [-0.2, 0) is 11.2 Å². The summed E-state index contributed by atoms with van der Waals surface area (Å²) in [6.45, 7) is 11.4. The minimum atomic E-state index is -1.02. The maximum Gasteiger partial charge on any atom is 0.335 e. The number of piperidine rings is 5. The predicted molar refractivity (Wildman–Crippen MR) is 375 cm³/mol. The molecule has 0 spiro atoms. The number of aromatic carboxylic acids is 1. The maximum absolute atomic E-state index is 12.8. The molecule has 6 aromatic rings. The lowest BCUT2D eigenvalue weighted by atomic mass is 9.93. The fraction of sp³-hybridized carbons (Fsp3) is 0.437. The molecule has 11 rings (SSSR count). The zero-order valence-electron chi connectivity index (χ0n) is 52.3. The SMILES string of the molecule is COc1cccc(C(=O)NCCN2CCC(Oc3ccc(Cl)c(Cl)c3)CC2)c1.O=C(O)[C@H](Cc1ccccc1)N1CCC(CN2CCC(Oc3ccc(Cl)c(Cl)c3)CC2)CC1.O=C(O)c1cccc(C(=O)N2CCC(N3CCC(Oc4ccc(Cl)c(Cl)c4)CC3)CC2)c1.[HH].[HH].[HH]. The second-order valence-corrected chi connectivity index (χ2v) is 26.7. The van der Waals surface area contributed by atoms with Gasteiger partial charge in [-0.15, -0.1) is 0 Å². The minimum Gasteiger partial charge on any atom is -0.497 e. The van der Waals surface area contributed by atoms with Gasteiger partial charge in [-0.25, -0.2) is 4.79 Å². The summed E-state index contributed by atoms with van der Waals surface area (Å²) in [5.41, 5.74) is 2.26. The van der Waals surface area contributed by atoms with Gasteiger partial charge in [0.1, 0.15) is 47.4 Å². The zero-order chi connectivity index (χ0) is 65.8. The second-order valence-electron chi connectivity index (χ2n) is 24.3. The third kappa shape index (κ3) is 21.7. The molecular weight excluding hydrogens is 1310 g/mol. The number of hydrogen-bond acceptors (Lipinski definition) is 12. The number of carbonyl (C=O) groups is 4. The van der Waals surface area contributed by atoms with Crippen molar-refractivity contribution >= 4 is 93.4 Å². The Kier molecular flexibility index (Phi) is 27.3. The Bertz CT molecular complexity index is 3430. The first-order valence-corrected chi connectivity index (χ1v) is 34.3. The van der Waals surface area contributed by atoms with E-state index in [2.05, 4.69) is 24.9 Å². The van der Waals surface area contributed by atoms with E-state index in [4.69, 9.17) is 93.7 Å². The van der Waals surface area contributed by atoms with Gasteiger partial charge in [0, 0.05) is 112 Å². The smallest absolute Gasteiger partial charge is 0.335 e. The molecule has 0 radical (unpaired) electrons. The van der Waals surface area contributed by atoms with Crippen LogP contribution in [0.15, 0.2) is 133 Å². The van der Waals surface area contributed by atoms with Gasteiger partial charge in [0.15, 0.2) is 0 Å². The zero-order valence-corrected chi connectivity index (χ0v) is 56.8. The number of nitrogens with one attached hydrogen (secondary N) is 1.